The van der Waals surface area contributed by atoms with E-state index in [9.17, 15) is 0 Å². The van der Waals surface area contributed by atoms with Crippen LogP contribution in [0.25, 0.3) is 11.0 Å². The first kappa shape index (κ1) is 11.6. The second-order valence-corrected chi connectivity index (χ2v) is 4.22. The third kappa shape index (κ3) is 2.12. The van der Waals surface area contributed by atoms with Crippen molar-refractivity contribution in [2.75, 3.05) is 0 Å². The van der Waals surface area contributed by atoms with Crippen LogP contribution in [0.4, 0.5) is 0 Å². The molecule has 92 valence electrons. The molecule has 0 fully saturated rings. The van der Waals surface area contributed by atoms with Gasteiger partial charge >= 0.3 is 0 Å². The second kappa shape index (κ2) is 4.63. The van der Waals surface area contributed by atoms with Gasteiger partial charge in [-0.3, -0.25) is 0 Å². The lowest BCUT2D eigenvalue weighted by molar-refractivity contribution is 0.450. The molecule has 2 aromatic heterocycles. The Morgan fingerprint density at radius 3 is 2.79 bits per heavy atom. The molecule has 3 rings (SSSR count). The largest absolute Gasteiger partial charge is 0.442 e. The number of nitrogens with zero attached hydrogens (tertiary/aromatic N) is 2. The Labute approximate surface area is 113 Å². The molecule has 0 radical (unpaired) electrons. The summed E-state index contributed by atoms with van der Waals surface area (Å²) in [5.74, 6) is 0.846. The molecule has 0 N–H and O–H groups in total. The number of para-hydroxylation sites is 1. The van der Waals surface area contributed by atoms with Crippen molar-refractivity contribution in [1.82, 2.24) is 4.98 Å². The summed E-state index contributed by atoms with van der Waals surface area (Å²) in [6.45, 7) is 0. The summed E-state index contributed by atoms with van der Waals surface area (Å²) in [6.07, 6.45) is 1.48. The summed E-state index contributed by atoms with van der Waals surface area (Å²) >= 11 is 5.76. The van der Waals surface area contributed by atoms with Crippen LogP contribution in [0, 0.1) is 11.3 Å². The summed E-state index contributed by atoms with van der Waals surface area (Å²) in [7, 11) is 0. The zero-order valence-electron chi connectivity index (χ0n) is 9.63. The Kier molecular flexibility index (Phi) is 2.82. The molecule has 0 saturated carbocycles. The van der Waals surface area contributed by atoms with Gasteiger partial charge in [-0.15, -0.1) is 0 Å². The molecule has 4 nitrogen and oxygen atoms in total. The lowest BCUT2D eigenvalue weighted by Gasteiger charge is -2.02. The Morgan fingerprint density at radius 1 is 1.21 bits per heavy atom. The number of ether oxygens (including phenoxy) is 1. The molecular formula is C14H7ClN2O2. The van der Waals surface area contributed by atoms with E-state index in [1.165, 1.54) is 6.20 Å². The lowest BCUT2D eigenvalue weighted by Crippen LogP contribution is -1.88. The highest BCUT2D eigenvalue weighted by Crippen LogP contribution is 2.35. The van der Waals surface area contributed by atoms with Gasteiger partial charge in [0, 0.05) is 12.3 Å². The van der Waals surface area contributed by atoms with E-state index in [2.05, 4.69) is 4.98 Å². The minimum absolute atomic E-state index is 0.123. The third-order valence-corrected chi connectivity index (χ3v) is 2.78. The normalized spacial score (nSPS) is 10.3. The Bertz CT molecular complexity index is 772. The summed E-state index contributed by atoms with van der Waals surface area (Å²) < 4.78 is 11.0. The summed E-state index contributed by atoms with van der Waals surface area (Å²) in [5, 5.41) is 10.3. The van der Waals surface area contributed by atoms with Crippen molar-refractivity contribution in [3.8, 4) is 17.7 Å². The van der Waals surface area contributed by atoms with Crippen LogP contribution in [0.3, 0.4) is 0 Å². The highest BCUT2D eigenvalue weighted by molar-refractivity contribution is 6.30. The van der Waals surface area contributed by atoms with Gasteiger partial charge in [-0.25, -0.2) is 4.98 Å². The molecule has 0 unspecified atom stereocenters. The number of rotatable bonds is 2. The molecule has 0 aliphatic rings. The molecule has 2 heterocycles. The van der Waals surface area contributed by atoms with Gasteiger partial charge in [0.1, 0.15) is 11.7 Å². The van der Waals surface area contributed by atoms with Crippen LogP contribution in [-0.4, -0.2) is 4.98 Å². The van der Waals surface area contributed by atoms with Crippen LogP contribution in [0.2, 0.25) is 5.02 Å². The van der Waals surface area contributed by atoms with Gasteiger partial charge in [-0.2, -0.15) is 5.26 Å². The van der Waals surface area contributed by atoms with Crippen LogP contribution in [-0.2, 0) is 0 Å². The van der Waals surface area contributed by atoms with Crippen molar-refractivity contribution in [2.24, 2.45) is 0 Å². The maximum absolute atomic E-state index is 9.08. The standard InChI is InChI=1S/C14H7ClN2O2/c15-9-5-6-13(17-8-9)19-14-10-3-1-2-4-11(10)18-12(14)7-16/h1-6,8H. The number of furan rings is 1. The SMILES string of the molecule is N#Cc1oc2ccccc2c1Oc1ccc(Cl)cn1. The highest BCUT2D eigenvalue weighted by Gasteiger charge is 2.16. The summed E-state index contributed by atoms with van der Waals surface area (Å²) in [4.78, 5) is 4.03. The van der Waals surface area contributed by atoms with Crippen LogP contribution >= 0.6 is 11.6 Å². The predicted octanol–water partition coefficient (Wildman–Crippen LogP) is 4.15. The van der Waals surface area contributed by atoms with E-state index in [1.54, 1.807) is 18.2 Å². The quantitative estimate of drug-likeness (QED) is 0.702. The molecule has 3 aromatic rings. The topological polar surface area (TPSA) is 59.0 Å². The van der Waals surface area contributed by atoms with Gasteiger partial charge in [0.25, 0.3) is 0 Å². The highest BCUT2D eigenvalue weighted by atomic mass is 35.5. The number of halogens is 1. The molecule has 19 heavy (non-hydrogen) atoms. The molecular weight excluding hydrogens is 264 g/mol. The van der Waals surface area contributed by atoms with E-state index in [1.807, 2.05) is 24.3 Å². The van der Waals surface area contributed by atoms with Crippen LogP contribution in [0.5, 0.6) is 11.6 Å². The van der Waals surface area contributed by atoms with Crippen molar-refractivity contribution in [1.29, 1.82) is 5.26 Å². The van der Waals surface area contributed by atoms with Gasteiger partial charge < -0.3 is 9.15 Å². The number of benzene rings is 1. The van der Waals surface area contributed by atoms with Crippen molar-refractivity contribution in [2.45, 2.75) is 0 Å². The molecule has 0 aliphatic carbocycles. The smallest absolute Gasteiger partial charge is 0.247 e. The van der Waals surface area contributed by atoms with Crippen molar-refractivity contribution < 1.29 is 9.15 Å². The Morgan fingerprint density at radius 2 is 2.05 bits per heavy atom. The Hall–Kier alpha value is -2.51. The van der Waals surface area contributed by atoms with Gasteiger partial charge in [-0.05, 0) is 18.2 Å². The van der Waals surface area contributed by atoms with Crippen LogP contribution in [0.1, 0.15) is 5.76 Å². The fraction of sp³-hybridized carbons (Fsp3) is 0. The molecule has 0 spiro atoms. The van der Waals surface area contributed by atoms with Gasteiger partial charge in [0.2, 0.25) is 11.6 Å². The zero-order valence-corrected chi connectivity index (χ0v) is 10.4. The molecule has 0 atom stereocenters. The number of hydrogen-bond acceptors (Lipinski definition) is 4. The van der Waals surface area contributed by atoms with E-state index in [0.717, 1.165) is 5.39 Å². The Balaban J connectivity index is 2.09. The van der Waals surface area contributed by atoms with E-state index in [4.69, 9.17) is 26.0 Å². The van der Waals surface area contributed by atoms with Crippen molar-refractivity contribution >= 4 is 22.6 Å². The molecule has 0 bridgehead atoms. The van der Waals surface area contributed by atoms with Gasteiger partial charge in [-0.1, -0.05) is 23.7 Å². The van der Waals surface area contributed by atoms with Gasteiger partial charge in [0.05, 0.1) is 10.4 Å². The third-order valence-electron chi connectivity index (χ3n) is 2.56. The zero-order chi connectivity index (χ0) is 13.2. The number of pyridine rings is 1. The van der Waals surface area contributed by atoms with E-state index >= 15 is 0 Å². The molecule has 5 heteroatoms. The summed E-state index contributed by atoms with van der Waals surface area (Å²) in [5.41, 5.74) is 0.600. The molecule has 0 amide bonds. The molecule has 1 aromatic carbocycles. The fourth-order valence-electron chi connectivity index (χ4n) is 1.72. The number of aromatic nitrogens is 1. The van der Waals surface area contributed by atoms with Gasteiger partial charge in [0.15, 0.2) is 5.75 Å². The number of hydrogen-bond donors (Lipinski definition) is 0. The average Bonchev–Trinajstić information content (AvgIpc) is 2.79. The monoisotopic (exact) mass is 270 g/mol. The number of nitriles is 1. The van der Waals surface area contributed by atoms with Crippen molar-refractivity contribution in [3.05, 3.63) is 53.4 Å². The first-order chi connectivity index (χ1) is 9.28. The maximum Gasteiger partial charge on any atom is 0.247 e. The first-order valence-electron chi connectivity index (χ1n) is 5.49. The van der Waals surface area contributed by atoms with Crippen LogP contribution in [0.15, 0.2) is 47.0 Å². The van der Waals surface area contributed by atoms with E-state index < -0.39 is 0 Å². The van der Waals surface area contributed by atoms with E-state index in [0.29, 0.717) is 22.2 Å². The first-order valence-corrected chi connectivity index (χ1v) is 5.87. The minimum atomic E-state index is 0.123. The maximum atomic E-state index is 9.08. The summed E-state index contributed by atoms with van der Waals surface area (Å²) in [6, 6.07) is 12.5. The second-order valence-electron chi connectivity index (χ2n) is 3.78. The van der Waals surface area contributed by atoms with Crippen LogP contribution < -0.4 is 4.74 Å². The van der Waals surface area contributed by atoms with Crippen molar-refractivity contribution in [3.63, 3.8) is 0 Å². The number of fused-ring (bicyclic) bond motifs is 1. The molecule has 0 aliphatic heterocycles. The molecule has 0 saturated heterocycles. The average molecular weight is 271 g/mol. The van der Waals surface area contributed by atoms with E-state index in [-0.39, 0.29) is 5.76 Å². The fourth-order valence-corrected chi connectivity index (χ4v) is 1.84. The lowest BCUT2D eigenvalue weighted by atomic mass is 10.2. The minimum Gasteiger partial charge on any atom is -0.442 e. The predicted molar refractivity (Wildman–Crippen MR) is 70.3 cm³/mol.